The Morgan fingerprint density at radius 3 is 2.80 bits per heavy atom. The summed E-state index contributed by atoms with van der Waals surface area (Å²) in [6, 6.07) is 7.48. The number of aliphatic carboxylic acids is 1. The zero-order valence-corrected chi connectivity index (χ0v) is 11.8. The number of carboxylic acids is 1. The Morgan fingerprint density at radius 1 is 1.45 bits per heavy atom. The van der Waals surface area contributed by atoms with Crippen LogP contribution in [-0.4, -0.2) is 41.6 Å². The molecule has 1 aromatic rings. The average Bonchev–Trinajstić information content (AvgIpc) is 2.80. The van der Waals surface area contributed by atoms with Crippen LogP contribution in [0.15, 0.2) is 24.3 Å². The number of likely N-dealkylation sites (tertiary alicyclic amines) is 1. The normalized spacial score (nSPS) is 21.8. The van der Waals surface area contributed by atoms with Crippen LogP contribution >= 0.6 is 0 Å². The van der Waals surface area contributed by atoms with Gasteiger partial charge in [-0.05, 0) is 38.0 Å². The summed E-state index contributed by atoms with van der Waals surface area (Å²) in [6.07, 6.45) is 0.485. The van der Waals surface area contributed by atoms with Crippen LogP contribution in [-0.2, 0) is 9.59 Å². The third-order valence-corrected chi connectivity index (χ3v) is 3.69. The molecule has 0 spiro atoms. The molecule has 0 radical (unpaired) electrons. The van der Waals surface area contributed by atoms with Crippen molar-refractivity contribution in [2.75, 3.05) is 19.7 Å². The smallest absolute Gasteiger partial charge is 0.311 e. The van der Waals surface area contributed by atoms with Crippen molar-refractivity contribution in [3.63, 3.8) is 0 Å². The highest BCUT2D eigenvalue weighted by Crippen LogP contribution is 2.30. The fraction of sp³-hybridized carbons (Fsp3) is 0.467. The molecule has 1 aromatic carbocycles. The molecule has 1 fully saturated rings. The first-order valence-corrected chi connectivity index (χ1v) is 6.61. The van der Waals surface area contributed by atoms with Crippen molar-refractivity contribution in [2.45, 2.75) is 20.3 Å². The number of carbonyl (C=O) groups excluding carboxylic acids is 1. The summed E-state index contributed by atoms with van der Waals surface area (Å²) in [6.45, 7) is 4.29. The minimum absolute atomic E-state index is 0.0564. The van der Waals surface area contributed by atoms with Crippen LogP contribution in [0.3, 0.4) is 0 Å². The number of hydrogen-bond acceptors (Lipinski definition) is 3. The first kappa shape index (κ1) is 14.4. The number of amides is 1. The van der Waals surface area contributed by atoms with Gasteiger partial charge in [-0.1, -0.05) is 12.1 Å². The van der Waals surface area contributed by atoms with E-state index in [-0.39, 0.29) is 19.1 Å². The molecule has 1 saturated heterocycles. The zero-order valence-electron chi connectivity index (χ0n) is 11.8. The highest BCUT2D eigenvalue weighted by Gasteiger charge is 2.42. The molecule has 2 rings (SSSR count). The van der Waals surface area contributed by atoms with E-state index in [0.717, 1.165) is 5.56 Å². The first-order chi connectivity index (χ1) is 9.40. The largest absolute Gasteiger partial charge is 0.484 e. The molecule has 108 valence electrons. The van der Waals surface area contributed by atoms with Crippen molar-refractivity contribution in [2.24, 2.45) is 5.41 Å². The first-order valence-electron chi connectivity index (χ1n) is 6.61. The Kier molecular flexibility index (Phi) is 3.97. The van der Waals surface area contributed by atoms with E-state index in [1.54, 1.807) is 17.9 Å². The van der Waals surface area contributed by atoms with Crippen molar-refractivity contribution in [3.8, 4) is 5.75 Å². The van der Waals surface area contributed by atoms with Gasteiger partial charge in [0.25, 0.3) is 5.91 Å². The predicted molar refractivity (Wildman–Crippen MR) is 73.6 cm³/mol. The summed E-state index contributed by atoms with van der Waals surface area (Å²) in [5.41, 5.74) is 0.230. The summed E-state index contributed by atoms with van der Waals surface area (Å²) in [5, 5.41) is 9.14. The molecule has 0 aliphatic carbocycles. The SMILES string of the molecule is Cc1cccc(OCC(=O)N2CC[C@](C)(C(=O)O)C2)c1. The predicted octanol–water partition coefficient (Wildman–Crippen LogP) is 1.70. The third kappa shape index (κ3) is 3.10. The van der Waals surface area contributed by atoms with Crippen LogP contribution in [0.25, 0.3) is 0 Å². The third-order valence-electron chi connectivity index (χ3n) is 3.69. The van der Waals surface area contributed by atoms with E-state index in [0.29, 0.717) is 18.7 Å². The molecule has 0 unspecified atom stereocenters. The second kappa shape index (κ2) is 5.53. The maximum Gasteiger partial charge on any atom is 0.311 e. The van der Waals surface area contributed by atoms with Gasteiger partial charge in [-0.15, -0.1) is 0 Å². The van der Waals surface area contributed by atoms with Gasteiger partial charge in [-0.3, -0.25) is 9.59 Å². The number of hydrogen-bond donors (Lipinski definition) is 1. The minimum atomic E-state index is -0.854. The Hall–Kier alpha value is -2.04. The van der Waals surface area contributed by atoms with E-state index >= 15 is 0 Å². The van der Waals surface area contributed by atoms with E-state index in [4.69, 9.17) is 9.84 Å². The molecular weight excluding hydrogens is 258 g/mol. The van der Waals surface area contributed by atoms with Gasteiger partial charge < -0.3 is 14.7 Å². The lowest BCUT2D eigenvalue weighted by molar-refractivity contribution is -0.147. The van der Waals surface area contributed by atoms with E-state index in [2.05, 4.69) is 0 Å². The molecule has 0 saturated carbocycles. The molecule has 1 aliphatic heterocycles. The van der Waals surface area contributed by atoms with Gasteiger partial charge in [0.05, 0.1) is 5.41 Å². The van der Waals surface area contributed by atoms with Crippen molar-refractivity contribution < 1.29 is 19.4 Å². The van der Waals surface area contributed by atoms with Crippen molar-refractivity contribution in [1.82, 2.24) is 4.90 Å². The van der Waals surface area contributed by atoms with Gasteiger partial charge >= 0.3 is 5.97 Å². The highest BCUT2D eigenvalue weighted by molar-refractivity contribution is 5.81. The number of benzene rings is 1. The van der Waals surface area contributed by atoms with Crippen LogP contribution < -0.4 is 4.74 Å². The molecule has 1 aliphatic rings. The van der Waals surface area contributed by atoms with Crippen LogP contribution in [0.1, 0.15) is 18.9 Å². The van der Waals surface area contributed by atoms with Gasteiger partial charge in [-0.2, -0.15) is 0 Å². The van der Waals surface area contributed by atoms with Crippen LogP contribution in [0, 0.1) is 12.3 Å². The average molecular weight is 277 g/mol. The fourth-order valence-corrected chi connectivity index (χ4v) is 2.29. The molecule has 0 bridgehead atoms. The molecular formula is C15H19NO4. The Balaban J connectivity index is 1.89. The van der Waals surface area contributed by atoms with E-state index in [9.17, 15) is 9.59 Å². The van der Waals surface area contributed by atoms with Gasteiger partial charge in [0, 0.05) is 13.1 Å². The lowest BCUT2D eigenvalue weighted by Gasteiger charge is -2.20. The topological polar surface area (TPSA) is 66.8 Å². The summed E-state index contributed by atoms with van der Waals surface area (Å²) in [5.74, 6) is -0.373. The van der Waals surface area contributed by atoms with Crippen molar-refractivity contribution in [3.05, 3.63) is 29.8 Å². The summed E-state index contributed by atoms with van der Waals surface area (Å²) in [7, 11) is 0. The van der Waals surface area contributed by atoms with Crippen LogP contribution in [0.5, 0.6) is 5.75 Å². The van der Waals surface area contributed by atoms with Crippen LogP contribution in [0.4, 0.5) is 0 Å². The minimum Gasteiger partial charge on any atom is -0.484 e. The Bertz CT molecular complexity index is 528. The van der Waals surface area contributed by atoms with E-state index in [1.807, 2.05) is 25.1 Å². The van der Waals surface area contributed by atoms with Gasteiger partial charge in [0.15, 0.2) is 6.61 Å². The standard InChI is InChI=1S/C15H19NO4/c1-11-4-3-5-12(8-11)20-9-13(17)16-7-6-15(2,10-16)14(18)19/h3-5,8H,6-7,9-10H2,1-2H3,(H,18,19)/t15-/m0/s1. The molecule has 1 atom stereocenters. The van der Waals surface area contributed by atoms with Gasteiger partial charge in [0.2, 0.25) is 0 Å². The van der Waals surface area contributed by atoms with Crippen LogP contribution in [0.2, 0.25) is 0 Å². The van der Waals surface area contributed by atoms with E-state index < -0.39 is 11.4 Å². The number of rotatable bonds is 4. The summed E-state index contributed by atoms with van der Waals surface area (Å²) in [4.78, 5) is 24.7. The number of ether oxygens (including phenoxy) is 1. The second-order valence-electron chi connectivity index (χ2n) is 5.54. The lowest BCUT2D eigenvalue weighted by Crippen LogP contribution is -2.37. The number of nitrogens with zero attached hydrogens (tertiary/aromatic N) is 1. The van der Waals surface area contributed by atoms with Crippen molar-refractivity contribution >= 4 is 11.9 Å². The van der Waals surface area contributed by atoms with E-state index in [1.165, 1.54) is 0 Å². The van der Waals surface area contributed by atoms with Gasteiger partial charge in [0.1, 0.15) is 5.75 Å². The molecule has 20 heavy (non-hydrogen) atoms. The molecule has 0 aromatic heterocycles. The molecule has 1 amide bonds. The molecule has 1 heterocycles. The number of carbonyl (C=O) groups is 2. The maximum atomic E-state index is 12.0. The molecule has 5 nitrogen and oxygen atoms in total. The summed E-state index contributed by atoms with van der Waals surface area (Å²) >= 11 is 0. The number of aryl methyl sites for hydroxylation is 1. The number of carboxylic acid groups (broad SMARTS) is 1. The Labute approximate surface area is 118 Å². The monoisotopic (exact) mass is 277 g/mol. The quantitative estimate of drug-likeness (QED) is 0.909. The molecule has 5 heteroatoms. The van der Waals surface area contributed by atoms with Gasteiger partial charge in [-0.25, -0.2) is 0 Å². The highest BCUT2D eigenvalue weighted by atomic mass is 16.5. The molecule has 1 N–H and O–H groups in total. The fourth-order valence-electron chi connectivity index (χ4n) is 2.29. The lowest BCUT2D eigenvalue weighted by atomic mass is 9.90. The van der Waals surface area contributed by atoms with Crippen molar-refractivity contribution in [1.29, 1.82) is 0 Å². The second-order valence-corrected chi connectivity index (χ2v) is 5.54. The Morgan fingerprint density at radius 2 is 2.20 bits per heavy atom. The zero-order chi connectivity index (χ0) is 14.8. The maximum absolute atomic E-state index is 12.0. The summed E-state index contributed by atoms with van der Waals surface area (Å²) < 4.78 is 5.45.